The van der Waals surface area contributed by atoms with Crippen LogP contribution in [0.4, 0.5) is 11.9 Å². The van der Waals surface area contributed by atoms with E-state index in [4.69, 9.17) is 40.4 Å². The van der Waals surface area contributed by atoms with E-state index in [0.29, 0.717) is 69.4 Å². The minimum absolute atomic E-state index is 0.111. The van der Waals surface area contributed by atoms with Crippen LogP contribution >= 0.6 is 0 Å². The van der Waals surface area contributed by atoms with Crippen molar-refractivity contribution in [1.82, 2.24) is 38.7 Å². The molecule has 4 amide bonds. The fraction of sp³-hybridized carbons (Fsp3) is 0.240. The molecule has 4 heterocycles. The van der Waals surface area contributed by atoms with Crippen LogP contribution in [0.3, 0.4) is 0 Å². The summed E-state index contributed by atoms with van der Waals surface area (Å²) in [4.78, 5) is 62.8. The Hall–Kier alpha value is -8.94. The maximum Gasteiger partial charge on any atom is 0.276 e. The Morgan fingerprint density at radius 1 is 0.586 bits per heavy atom. The summed E-state index contributed by atoms with van der Waals surface area (Å²) in [6, 6.07) is 24.2. The highest BCUT2D eigenvalue weighted by molar-refractivity contribution is 6.05. The number of anilines is 2. The highest BCUT2D eigenvalue weighted by atomic mass is 16.5. The molecule has 70 heavy (non-hydrogen) atoms. The Morgan fingerprint density at radius 3 is 1.31 bits per heavy atom. The lowest BCUT2D eigenvalue weighted by Crippen LogP contribution is -2.20. The molecule has 360 valence electrons. The molecule has 8 aromatic rings. The predicted molar refractivity (Wildman–Crippen MR) is 261 cm³/mol. The summed E-state index contributed by atoms with van der Waals surface area (Å²) in [5.74, 6) is -0.0748. The zero-order valence-corrected chi connectivity index (χ0v) is 39.5. The number of hydrogen-bond donors (Lipinski definition) is 4. The molecule has 4 aromatic heterocycles. The standard InChI is InChI=1S/C50H52N12O8/c1-7-61-39(21-29(3)57-61)47(65)55-49-53-37-23-33(45(51)63)25-41(69-27-31-11-15-35(67-5)16-12-31)43(37)59(49)19-9-10-20-60-44-38(54-50(60)56-48(66)40-22-30(4)58-62(40)8-2)24-34(46(52)64)26-42(44)70-28-32-13-17-36(68-6)18-14-32/h9-18,21-26H,7-8,19-20,27-28H2,1-6H3,(H2,51,63)(H2,52,64)(H,53,55,65)(H,54,56,66)/b10-9+. The number of carbonyl (C=O) groups excluding carboxylic acids is 4. The van der Waals surface area contributed by atoms with Gasteiger partial charge in [0.2, 0.25) is 23.7 Å². The van der Waals surface area contributed by atoms with Crippen molar-refractivity contribution in [2.24, 2.45) is 11.5 Å². The van der Waals surface area contributed by atoms with Crippen molar-refractivity contribution in [3.63, 3.8) is 0 Å². The van der Waals surface area contributed by atoms with Crippen LogP contribution in [0, 0.1) is 13.8 Å². The van der Waals surface area contributed by atoms with Gasteiger partial charge in [-0.05, 0) is 99.5 Å². The molecule has 0 radical (unpaired) electrons. The number of hydrogen-bond acceptors (Lipinski definition) is 12. The van der Waals surface area contributed by atoms with E-state index in [1.54, 1.807) is 83.0 Å². The fourth-order valence-electron chi connectivity index (χ4n) is 7.91. The van der Waals surface area contributed by atoms with Crippen LogP contribution < -0.4 is 41.0 Å². The van der Waals surface area contributed by atoms with Gasteiger partial charge in [-0.3, -0.25) is 39.2 Å². The van der Waals surface area contributed by atoms with E-state index >= 15 is 0 Å². The molecular formula is C50H52N12O8. The number of fused-ring (bicyclic) bond motifs is 2. The smallest absolute Gasteiger partial charge is 0.276 e. The van der Waals surface area contributed by atoms with Crippen LogP contribution in [0.5, 0.6) is 23.0 Å². The number of aryl methyl sites for hydroxylation is 4. The maximum atomic E-state index is 14.0. The van der Waals surface area contributed by atoms with Crippen molar-refractivity contribution in [2.45, 2.75) is 67.1 Å². The van der Waals surface area contributed by atoms with Crippen molar-refractivity contribution >= 4 is 57.6 Å². The van der Waals surface area contributed by atoms with E-state index in [1.165, 1.54) is 0 Å². The highest BCUT2D eigenvalue weighted by Gasteiger charge is 2.24. The Balaban J connectivity index is 1.20. The van der Waals surface area contributed by atoms with E-state index in [-0.39, 0.29) is 60.8 Å². The predicted octanol–water partition coefficient (Wildman–Crippen LogP) is 6.57. The quantitative estimate of drug-likeness (QED) is 0.0592. The number of nitrogens with zero attached hydrogens (tertiary/aromatic N) is 8. The van der Waals surface area contributed by atoms with Gasteiger partial charge < -0.3 is 39.5 Å². The minimum atomic E-state index is -0.696. The first-order chi connectivity index (χ1) is 33.8. The van der Waals surface area contributed by atoms with Gasteiger partial charge in [0, 0.05) is 37.3 Å². The number of aromatic nitrogens is 8. The van der Waals surface area contributed by atoms with Gasteiger partial charge in [0.1, 0.15) is 58.6 Å². The van der Waals surface area contributed by atoms with Gasteiger partial charge in [-0.25, -0.2) is 9.97 Å². The number of imidazole rings is 2. The summed E-state index contributed by atoms with van der Waals surface area (Å²) in [5, 5.41) is 14.8. The Morgan fingerprint density at radius 2 is 0.971 bits per heavy atom. The van der Waals surface area contributed by atoms with Crippen LogP contribution in [0.2, 0.25) is 0 Å². The molecule has 0 atom stereocenters. The van der Waals surface area contributed by atoms with Crippen molar-refractivity contribution in [3.05, 3.63) is 142 Å². The Bertz CT molecular complexity index is 3070. The fourth-order valence-corrected chi connectivity index (χ4v) is 7.91. The number of carbonyl (C=O) groups is 4. The monoisotopic (exact) mass is 948 g/mol. The number of allylic oxidation sites excluding steroid dienone is 2. The van der Waals surface area contributed by atoms with Gasteiger partial charge in [-0.15, -0.1) is 0 Å². The van der Waals surface area contributed by atoms with E-state index < -0.39 is 23.6 Å². The summed E-state index contributed by atoms with van der Waals surface area (Å²) in [7, 11) is 3.16. The molecule has 0 bridgehead atoms. The third-order valence-corrected chi connectivity index (χ3v) is 11.4. The van der Waals surface area contributed by atoms with Gasteiger partial charge in [0.25, 0.3) is 11.8 Å². The van der Waals surface area contributed by atoms with Gasteiger partial charge in [0.15, 0.2) is 0 Å². The zero-order valence-electron chi connectivity index (χ0n) is 39.5. The molecule has 4 aromatic carbocycles. The molecule has 0 spiro atoms. The summed E-state index contributed by atoms with van der Waals surface area (Å²) in [5.41, 5.74) is 17.1. The summed E-state index contributed by atoms with van der Waals surface area (Å²) < 4.78 is 30.2. The number of amides is 4. The van der Waals surface area contributed by atoms with Gasteiger partial charge in [-0.2, -0.15) is 10.2 Å². The van der Waals surface area contributed by atoms with Crippen molar-refractivity contribution in [3.8, 4) is 23.0 Å². The average Bonchev–Trinajstić information content (AvgIpc) is 4.13. The first kappa shape index (κ1) is 47.5. The lowest BCUT2D eigenvalue weighted by atomic mass is 10.1. The van der Waals surface area contributed by atoms with E-state index in [9.17, 15) is 19.2 Å². The molecule has 0 saturated heterocycles. The molecule has 8 rings (SSSR count). The number of benzene rings is 4. The first-order valence-corrected chi connectivity index (χ1v) is 22.3. The second kappa shape index (κ2) is 20.5. The number of nitrogens with one attached hydrogen (secondary N) is 2. The van der Waals surface area contributed by atoms with E-state index in [2.05, 4.69) is 20.8 Å². The average molecular weight is 949 g/mol. The van der Waals surface area contributed by atoms with Crippen LogP contribution in [0.25, 0.3) is 22.1 Å². The van der Waals surface area contributed by atoms with E-state index in [1.807, 2.05) is 74.5 Å². The summed E-state index contributed by atoms with van der Waals surface area (Å²) >= 11 is 0. The molecule has 0 unspecified atom stereocenters. The minimum Gasteiger partial charge on any atom is -0.497 e. The molecule has 0 saturated carbocycles. The largest absolute Gasteiger partial charge is 0.497 e. The maximum absolute atomic E-state index is 14.0. The molecule has 0 fully saturated rings. The van der Waals surface area contributed by atoms with E-state index in [0.717, 1.165) is 11.1 Å². The summed E-state index contributed by atoms with van der Waals surface area (Å²) in [6.07, 6.45) is 3.68. The molecule has 0 aliphatic carbocycles. The molecule has 20 nitrogen and oxygen atoms in total. The number of primary amides is 2. The van der Waals surface area contributed by atoms with Gasteiger partial charge in [0.05, 0.1) is 36.6 Å². The van der Waals surface area contributed by atoms with Gasteiger partial charge >= 0.3 is 0 Å². The third kappa shape index (κ3) is 10.1. The van der Waals surface area contributed by atoms with Crippen molar-refractivity contribution in [1.29, 1.82) is 0 Å². The highest BCUT2D eigenvalue weighted by Crippen LogP contribution is 2.34. The third-order valence-electron chi connectivity index (χ3n) is 11.4. The van der Waals surface area contributed by atoms with Crippen LogP contribution in [0.1, 0.15) is 78.1 Å². The second-order valence-electron chi connectivity index (χ2n) is 16.1. The van der Waals surface area contributed by atoms with Crippen LogP contribution in [0.15, 0.2) is 97.1 Å². The Kier molecular flexibility index (Phi) is 13.9. The lowest BCUT2D eigenvalue weighted by Gasteiger charge is -2.14. The molecule has 0 aliphatic heterocycles. The SMILES string of the molecule is CCn1nc(C)cc1C(=O)Nc1nc2cc(C(N)=O)cc(OCc3ccc(OC)cc3)c2n1C/C=C/Cn1c(NC(=O)c2cc(C)nn2CC)nc2cc(C(N)=O)cc(OCc3ccc(OC)cc3)c21. The van der Waals surface area contributed by atoms with Crippen molar-refractivity contribution in [2.75, 3.05) is 24.9 Å². The molecule has 0 aliphatic rings. The number of rotatable bonds is 20. The second-order valence-corrected chi connectivity index (χ2v) is 16.1. The summed E-state index contributed by atoms with van der Waals surface area (Å²) in [6.45, 7) is 8.72. The normalized spacial score (nSPS) is 11.3. The first-order valence-electron chi connectivity index (χ1n) is 22.3. The number of nitrogens with two attached hydrogens (primary N) is 2. The Labute approximate surface area is 401 Å². The topological polar surface area (TPSA) is 253 Å². The van der Waals surface area contributed by atoms with Crippen LogP contribution in [-0.4, -0.2) is 76.5 Å². The zero-order chi connectivity index (χ0) is 49.6. The number of methoxy groups -OCH3 is 2. The van der Waals surface area contributed by atoms with Crippen LogP contribution in [-0.2, 0) is 39.4 Å². The molecular weight excluding hydrogens is 897 g/mol. The number of ether oxygens (including phenoxy) is 4. The molecule has 6 N–H and O–H groups in total. The lowest BCUT2D eigenvalue weighted by molar-refractivity contribution is 0.0991. The van der Waals surface area contributed by atoms with Crippen molar-refractivity contribution < 1.29 is 38.1 Å². The van der Waals surface area contributed by atoms with Gasteiger partial charge in [-0.1, -0.05) is 36.4 Å². The molecule has 20 heteroatoms.